The van der Waals surface area contributed by atoms with Crippen molar-refractivity contribution in [2.24, 2.45) is 0 Å². The number of carbonyl (C=O) groups is 2. The summed E-state index contributed by atoms with van der Waals surface area (Å²) in [5, 5.41) is 0. The molecule has 0 radical (unpaired) electrons. The first-order valence-electron chi connectivity index (χ1n) is 6.89. The van der Waals surface area contributed by atoms with Crippen molar-refractivity contribution < 1.29 is 23.8 Å². The van der Waals surface area contributed by atoms with Crippen LogP contribution in [0.5, 0.6) is 11.5 Å². The lowest BCUT2D eigenvalue weighted by atomic mass is 10.1. The second kappa shape index (κ2) is 7.45. The fraction of sp³-hybridized carbons (Fsp3) is 0.467. The van der Waals surface area contributed by atoms with Gasteiger partial charge in [0.2, 0.25) is 0 Å². The van der Waals surface area contributed by atoms with E-state index >= 15 is 0 Å². The lowest BCUT2D eigenvalue weighted by Gasteiger charge is -2.20. The number of ether oxygens (including phenoxy) is 3. The van der Waals surface area contributed by atoms with E-state index in [2.05, 4.69) is 15.9 Å². The minimum Gasteiger partial charge on any atom is -0.486 e. The number of ketones is 1. The average molecular weight is 357 g/mol. The lowest BCUT2D eigenvalue weighted by Crippen LogP contribution is -2.16. The van der Waals surface area contributed by atoms with Gasteiger partial charge >= 0.3 is 5.97 Å². The van der Waals surface area contributed by atoms with Crippen LogP contribution in [0.15, 0.2) is 16.6 Å². The maximum absolute atomic E-state index is 12.1. The normalized spacial score (nSPS) is 12.9. The molecule has 6 heteroatoms. The molecule has 0 saturated carbocycles. The van der Waals surface area contributed by atoms with Gasteiger partial charge in [-0.3, -0.25) is 9.59 Å². The Labute approximate surface area is 131 Å². The van der Waals surface area contributed by atoms with Gasteiger partial charge in [-0.15, -0.1) is 0 Å². The monoisotopic (exact) mass is 356 g/mol. The Balaban J connectivity index is 1.99. The van der Waals surface area contributed by atoms with Crippen molar-refractivity contribution in [3.05, 3.63) is 22.2 Å². The Morgan fingerprint density at radius 1 is 1.24 bits per heavy atom. The second-order valence-electron chi connectivity index (χ2n) is 4.63. The molecule has 114 valence electrons. The van der Waals surface area contributed by atoms with Crippen LogP contribution >= 0.6 is 15.9 Å². The van der Waals surface area contributed by atoms with Crippen molar-refractivity contribution >= 4 is 27.7 Å². The van der Waals surface area contributed by atoms with E-state index in [0.29, 0.717) is 41.4 Å². The van der Waals surface area contributed by atoms with E-state index in [4.69, 9.17) is 14.2 Å². The third-order valence-corrected chi connectivity index (χ3v) is 3.53. The largest absolute Gasteiger partial charge is 0.486 e. The molecule has 0 spiro atoms. The van der Waals surface area contributed by atoms with Crippen LogP contribution in [0.25, 0.3) is 0 Å². The summed E-state index contributed by atoms with van der Waals surface area (Å²) in [5.41, 5.74) is 0.495. The van der Waals surface area contributed by atoms with Crippen LogP contribution in [0.3, 0.4) is 0 Å². The Morgan fingerprint density at radius 2 is 2.00 bits per heavy atom. The Kier molecular flexibility index (Phi) is 5.61. The Morgan fingerprint density at radius 3 is 2.76 bits per heavy atom. The van der Waals surface area contributed by atoms with Crippen molar-refractivity contribution in [3.63, 3.8) is 0 Å². The van der Waals surface area contributed by atoms with Gasteiger partial charge in [-0.25, -0.2) is 0 Å². The minimum absolute atomic E-state index is 0.0882. The van der Waals surface area contributed by atoms with E-state index < -0.39 is 0 Å². The molecule has 5 nitrogen and oxygen atoms in total. The fourth-order valence-electron chi connectivity index (χ4n) is 1.92. The highest BCUT2D eigenvalue weighted by Crippen LogP contribution is 2.38. The smallest absolute Gasteiger partial charge is 0.306 e. The number of hydrogen-bond donors (Lipinski definition) is 0. The molecular formula is C15H17BrO5. The van der Waals surface area contributed by atoms with Gasteiger partial charge in [-0.2, -0.15) is 0 Å². The SMILES string of the molecule is CCCOC(=O)CCC(=O)c1cc(Br)c2c(c1)OCCO2. The molecule has 0 bridgehead atoms. The number of Topliss-reactive ketones (excluding diaryl/α,β-unsaturated/α-hetero) is 1. The molecule has 1 heterocycles. The van der Waals surface area contributed by atoms with Crippen molar-refractivity contribution in [2.45, 2.75) is 26.2 Å². The summed E-state index contributed by atoms with van der Waals surface area (Å²) in [5.74, 6) is 0.690. The number of carbonyl (C=O) groups excluding carboxylic acids is 2. The van der Waals surface area contributed by atoms with Crippen molar-refractivity contribution in [2.75, 3.05) is 19.8 Å². The van der Waals surface area contributed by atoms with Crippen LogP contribution < -0.4 is 9.47 Å². The molecule has 0 atom stereocenters. The molecule has 1 aliphatic rings. The summed E-state index contributed by atoms with van der Waals surface area (Å²) < 4.78 is 16.6. The highest BCUT2D eigenvalue weighted by atomic mass is 79.9. The Hall–Kier alpha value is -1.56. The predicted octanol–water partition coefficient (Wildman–Crippen LogP) is 3.14. The molecule has 2 rings (SSSR count). The molecule has 0 amide bonds. The summed E-state index contributed by atoms with van der Waals surface area (Å²) >= 11 is 3.37. The molecule has 1 aliphatic heterocycles. The van der Waals surface area contributed by atoms with Crippen LogP contribution in [0, 0.1) is 0 Å². The summed E-state index contributed by atoms with van der Waals surface area (Å²) in [4.78, 5) is 23.5. The first kappa shape index (κ1) is 15.8. The van der Waals surface area contributed by atoms with E-state index in [1.54, 1.807) is 12.1 Å². The molecular weight excluding hydrogens is 340 g/mol. The van der Waals surface area contributed by atoms with Gasteiger partial charge in [0.25, 0.3) is 0 Å². The van der Waals surface area contributed by atoms with Gasteiger partial charge in [-0.05, 0) is 34.5 Å². The van der Waals surface area contributed by atoms with Crippen molar-refractivity contribution in [3.8, 4) is 11.5 Å². The van der Waals surface area contributed by atoms with Gasteiger partial charge in [0, 0.05) is 12.0 Å². The van der Waals surface area contributed by atoms with Gasteiger partial charge in [0.05, 0.1) is 17.5 Å². The molecule has 21 heavy (non-hydrogen) atoms. The van der Waals surface area contributed by atoms with Gasteiger partial charge < -0.3 is 14.2 Å². The van der Waals surface area contributed by atoms with Gasteiger partial charge in [0.1, 0.15) is 13.2 Å². The number of esters is 1. The van der Waals surface area contributed by atoms with Crippen molar-refractivity contribution in [1.82, 2.24) is 0 Å². The lowest BCUT2D eigenvalue weighted by molar-refractivity contribution is -0.143. The van der Waals surface area contributed by atoms with Crippen LogP contribution in [-0.4, -0.2) is 31.6 Å². The van der Waals surface area contributed by atoms with Crippen molar-refractivity contribution in [1.29, 1.82) is 0 Å². The zero-order valence-electron chi connectivity index (χ0n) is 11.8. The van der Waals surface area contributed by atoms with Crippen LogP contribution in [-0.2, 0) is 9.53 Å². The number of benzene rings is 1. The number of rotatable bonds is 6. The quantitative estimate of drug-likeness (QED) is 0.578. The van der Waals surface area contributed by atoms with E-state index in [0.717, 1.165) is 6.42 Å². The summed E-state index contributed by atoms with van der Waals surface area (Å²) in [6.07, 6.45) is 0.980. The molecule has 0 aliphatic carbocycles. The molecule has 0 unspecified atom stereocenters. The molecule has 1 aromatic carbocycles. The second-order valence-corrected chi connectivity index (χ2v) is 5.48. The van der Waals surface area contributed by atoms with E-state index in [1.165, 1.54) is 0 Å². The van der Waals surface area contributed by atoms with Crippen LogP contribution in [0.1, 0.15) is 36.5 Å². The van der Waals surface area contributed by atoms with Crippen LogP contribution in [0.2, 0.25) is 0 Å². The Bertz CT molecular complexity index is 541. The molecule has 0 saturated heterocycles. The number of halogens is 1. The maximum atomic E-state index is 12.1. The van der Waals surface area contributed by atoms with Gasteiger partial charge in [-0.1, -0.05) is 6.92 Å². The highest BCUT2D eigenvalue weighted by Gasteiger charge is 2.19. The standard InChI is InChI=1S/C15H17BrO5/c1-2-5-20-14(18)4-3-12(17)10-8-11(16)15-13(9-10)19-6-7-21-15/h8-9H,2-7H2,1H3. The minimum atomic E-state index is -0.346. The van der Waals surface area contributed by atoms with Crippen LogP contribution in [0.4, 0.5) is 0 Å². The zero-order valence-corrected chi connectivity index (χ0v) is 13.4. The number of fused-ring (bicyclic) bond motifs is 1. The third kappa shape index (κ3) is 4.20. The summed E-state index contributed by atoms with van der Waals surface area (Å²) in [6.45, 7) is 3.26. The zero-order chi connectivity index (χ0) is 15.2. The average Bonchev–Trinajstić information content (AvgIpc) is 2.50. The van der Waals surface area contributed by atoms with E-state index in [9.17, 15) is 9.59 Å². The first-order valence-corrected chi connectivity index (χ1v) is 7.69. The summed E-state index contributed by atoms with van der Waals surface area (Å²) in [7, 11) is 0. The molecule has 1 aromatic rings. The first-order chi connectivity index (χ1) is 10.1. The third-order valence-electron chi connectivity index (χ3n) is 2.94. The fourth-order valence-corrected chi connectivity index (χ4v) is 2.48. The maximum Gasteiger partial charge on any atom is 0.306 e. The summed E-state index contributed by atoms with van der Waals surface area (Å²) in [6, 6.07) is 3.34. The molecule has 0 N–H and O–H groups in total. The topological polar surface area (TPSA) is 61.8 Å². The molecule has 0 aromatic heterocycles. The highest BCUT2D eigenvalue weighted by molar-refractivity contribution is 9.10. The molecule has 0 fully saturated rings. The van der Waals surface area contributed by atoms with E-state index in [-0.39, 0.29) is 24.6 Å². The van der Waals surface area contributed by atoms with E-state index in [1.807, 2.05) is 6.92 Å². The predicted molar refractivity (Wildman–Crippen MR) is 79.9 cm³/mol. The number of hydrogen-bond acceptors (Lipinski definition) is 5. The van der Waals surface area contributed by atoms with Gasteiger partial charge in [0.15, 0.2) is 17.3 Å².